The molecule has 2 amide bonds. The van der Waals surface area contributed by atoms with Gasteiger partial charge in [-0.25, -0.2) is 0 Å². The number of allylic oxidation sites excluding steroid dienone is 1. The summed E-state index contributed by atoms with van der Waals surface area (Å²) in [4.78, 5) is 26.5. The highest BCUT2D eigenvalue weighted by molar-refractivity contribution is 6.35. The van der Waals surface area contributed by atoms with E-state index in [2.05, 4.69) is 10.9 Å². The van der Waals surface area contributed by atoms with E-state index in [0.29, 0.717) is 16.9 Å². The van der Waals surface area contributed by atoms with Crippen molar-refractivity contribution in [3.63, 3.8) is 0 Å². The molecule has 1 saturated carbocycles. The van der Waals surface area contributed by atoms with Crippen LogP contribution in [0, 0.1) is 12.8 Å². The molecule has 1 heterocycles. The molecule has 0 atom stereocenters. The molecule has 8 heteroatoms. The Labute approximate surface area is 171 Å². The van der Waals surface area contributed by atoms with Crippen molar-refractivity contribution in [2.45, 2.75) is 32.9 Å². The quantitative estimate of drug-likeness (QED) is 0.573. The molecule has 1 aliphatic heterocycles. The lowest BCUT2D eigenvalue weighted by atomic mass is 10.0. The molecule has 2 aromatic rings. The van der Waals surface area contributed by atoms with E-state index in [4.69, 9.17) is 0 Å². The van der Waals surface area contributed by atoms with E-state index in [-0.39, 0.29) is 23.1 Å². The number of aryl methyl sites for hydroxylation is 1. The zero-order valence-corrected chi connectivity index (χ0v) is 16.4. The highest BCUT2D eigenvalue weighted by Crippen LogP contribution is 2.45. The Kier molecular flexibility index (Phi) is 4.80. The van der Waals surface area contributed by atoms with Crippen molar-refractivity contribution in [1.82, 2.24) is 10.9 Å². The van der Waals surface area contributed by atoms with Crippen LogP contribution in [0.4, 0.5) is 24.5 Å². The van der Waals surface area contributed by atoms with Crippen LogP contribution in [-0.2, 0) is 15.8 Å². The monoisotopic (exact) mass is 415 g/mol. The fourth-order valence-electron chi connectivity index (χ4n) is 3.42. The summed E-state index contributed by atoms with van der Waals surface area (Å²) in [6.07, 6.45) is -2.88. The van der Waals surface area contributed by atoms with E-state index >= 15 is 0 Å². The first-order valence-corrected chi connectivity index (χ1v) is 9.56. The first kappa shape index (κ1) is 20.0. The van der Waals surface area contributed by atoms with E-state index in [1.165, 1.54) is 11.0 Å². The van der Waals surface area contributed by atoms with Crippen molar-refractivity contribution in [2.75, 3.05) is 4.90 Å². The number of nitrogens with zero attached hydrogens (tertiary/aromatic N) is 1. The number of carbonyl (C=O) groups excluding carboxylic acids is 2. The summed E-state index contributed by atoms with van der Waals surface area (Å²) in [5, 5.41) is 0. The second kappa shape index (κ2) is 7.19. The molecule has 0 saturated heterocycles. The average Bonchev–Trinajstić information content (AvgIpc) is 3.49. The van der Waals surface area contributed by atoms with Gasteiger partial charge in [0.15, 0.2) is 0 Å². The van der Waals surface area contributed by atoms with E-state index in [9.17, 15) is 22.8 Å². The predicted molar refractivity (Wildman–Crippen MR) is 106 cm³/mol. The number of nitrogens with one attached hydrogen (secondary N) is 2. The molecule has 5 nitrogen and oxygen atoms in total. The summed E-state index contributed by atoms with van der Waals surface area (Å²) in [7, 11) is 0. The molecule has 1 aliphatic carbocycles. The molecule has 0 aromatic heterocycles. The highest BCUT2D eigenvalue weighted by atomic mass is 19.4. The normalized spacial score (nSPS) is 17.6. The van der Waals surface area contributed by atoms with Gasteiger partial charge < -0.3 is 5.43 Å². The fraction of sp³-hybridized carbons (Fsp3) is 0.273. The fourth-order valence-corrected chi connectivity index (χ4v) is 3.42. The van der Waals surface area contributed by atoms with Gasteiger partial charge in [0.25, 0.3) is 5.91 Å². The van der Waals surface area contributed by atoms with Crippen molar-refractivity contribution in [3.8, 4) is 0 Å². The molecular weight excluding hydrogens is 395 g/mol. The molecule has 0 spiro atoms. The maximum Gasteiger partial charge on any atom is 0.416 e. The number of carbonyl (C=O) groups is 2. The van der Waals surface area contributed by atoms with Crippen LogP contribution in [0.1, 0.15) is 36.5 Å². The molecule has 4 rings (SSSR count). The van der Waals surface area contributed by atoms with Gasteiger partial charge in [0.2, 0.25) is 5.91 Å². The van der Waals surface area contributed by atoms with Crippen LogP contribution in [0.5, 0.6) is 0 Å². The maximum atomic E-state index is 13.3. The number of alkyl halides is 3. The number of anilines is 2. The Hall–Kier alpha value is -3.29. The first-order chi connectivity index (χ1) is 14.2. The third kappa shape index (κ3) is 3.65. The summed E-state index contributed by atoms with van der Waals surface area (Å²) in [5.74, 6) is -0.650. The summed E-state index contributed by atoms with van der Waals surface area (Å²) >= 11 is 0. The molecule has 0 radical (unpaired) electrons. The van der Waals surface area contributed by atoms with Crippen LogP contribution in [0.25, 0.3) is 5.57 Å². The van der Waals surface area contributed by atoms with E-state index < -0.39 is 17.6 Å². The minimum absolute atomic E-state index is 0.0275. The number of rotatable bonds is 4. The predicted octanol–water partition coefficient (Wildman–Crippen LogP) is 4.45. The van der Waals surface area contributed by atoms with Gasteiger partial charge in [-0.15, -0.1) is 0 Å². The second-order valence-electron chi connectivity index (χ2n) is 7.59. The Bertz CT molecular complexity index is 1050. The SMILES string of the molecule is C/C(NNC(=O)C1CC1)=C1/C(=O)N(c2ccc(C)cc2)c2cc(C(F)(F)F)ccc21. The number of amides is 2. The third-order valence-electron chi connectivity index (χ3n) is 5.24. The number of halogens is 3. The summed E-state index contributed by atoms with van der Waals surface area (Å²) in [6, 6.07) is 10.2. The molecule has 30 heavy (non-hydrogen) atoms. The Balaban J connectivity index is 1.78. The van der Waals surface area contributed by atoms with Crippen LogP contribution in [0.15, 0.2) is 48.2 Å². The molecule has 0 unspecified atom stereocenters. The number of benzene rings is 2. The van der Waals surface area contributed by atoms with Crippen molar-refractivity contribution in [2.24, 2.45) is 5.92 Å². The van der Waals surface area contributed by atoms with E-state index in [1.807, 2.05) is 6.92 Å². The second-order valence-corrected chi connectivity index (χ2v) is 7.59. The van der Waals surface area contributed by atoms with Gasteiger partial charge >= 0.3 is 6.18 Å². The summed E-state index contributed by atoms with van der Waals surface area (Å²) in [6.45, 7) is 3.49. The zero-order valence-electron chi connectivity index (χ0n) is 16.4. The summed E-state index contributed by atoms with van der Waals surface area (Å²) in [5.41, 5.74) is 7.04. The number of hydrogen-bond donors (Lipinski definition) is 2. The van der Waals surface area contributed by atoms with Crippen molar-refractivity contribution in [3.05, 3.63) is 64.9 Å². The van der Waals surface area contributed by atoms with Gasteiger partial charge in [-0.2, -0.15) is 13.2 Å². The Morgan fingerprint density at radius 3 is 2.33 bits per heavy atom. The third-order valence-corrected chi connectivity index (χ3v) is 5.24. The first-order valence-electron chi connectivity index (χ1n) is 9.56. The number of hydrazine groups is 1. The standard InChI is InChI=1S/C22H20F3N3O2/c1-12-3-8-16(9-4-12)28-18-11-15(22(23,24)25)7-10-17(18)19(21(28)30)13(2)26-27-20(29)14-5-6-14/h3-4,7-11,14,26H,5-6H2,1-2H3,(H,27,29)/b19-13-. The zero-order chi connectivity index (χ0) is 21.6. The lowest BCUT2D eigenvalue weighted by Crippen LogP contribution is -2.38. The van der Waals surface area contributed by atoms with E-state index in [1.54, 1.807) is 31.2 Å². The largest absolute Gasteiger partial charge is 0.416 e. The smallest absolute Gasteiger partial charge is 0.302 e. The maximum absolute atomic E-state index is 13.3. The van der Waals surface area contributed by atoms with Gasteiger partial charge in [-0.05, 0) is 51.0 Å². The van der Waals surface area contributed by atoms with Gasteiger partial charge in [-0.3, -0.25) is 19.9 Å². The lowest BCUT2D eigenvalue weighted by Gasteiger charge is -2.19. The molecule has 0 bridgehead atoms. The number of fused-ring (bicyclic) bond motifs is 1. The van der Waals surface area contributed by atoms with Crippen LogP contribution >= 0.6 is 0 Å². The van der Waals surface area contributed by atoms with Crippen molar-refractivity contribution in [1.29, 1.82) is 0 Å². The molecule has 156 valence electrons. The summed E-state index contributed by atoms with van der Waals surface area (Å²) < 4.78 is 39.9. The van der Waals surface area contributed by atoms with Crippen LogP contribution < -0.4 is 15.8 Å². The Morgan fingerprint density at radius 1 is 1.07 bits per heavy atom. The number of hydrogen-bond acceptors (Lipinski definition) is 3. The van der Waals surface area contributed by atoms with Crippen LogP contribution in [-0.4, -0.2) is 11.8 Å². The van der Waals surface area contributed by atoms with Gasteiger partial charge in [0.05, 0.1) is 16.8 Å². The van der Waals surface area contributed by atoms with Gasteiger partial charge in [0, 0.05) is 22.9 Å². The minimum atomic E-state index is -4.53. The molecule has 2 N–H and O–H groups in total. The van der Waals surface area contributed by atoms with Crippen LogP contribution in [0.3, 0.4) is 0 Å². The van der Waals surface area contributed by atoms with Crippen LogP contribution in [0.2, 0.25) is 0 Å². The molecule has 1 fully saturated rings. The van der Waals surface area contributed by atoms with E-state index in [0.717, 1.165) is 30.5 Å². The van der Waals surface area contributed by atoms with Gasteiger partial charge in [0.1, 0.15) is 0 Å². The topological polar surface area (TPSA) is 61.4 Å². The molecular formula is C22H20F3N3O2. The highest BCUT2D eigenvalue weighted by Gasteiger charge is 2.39. The lowest BCUT2D eigenvalue weighted by molar-refractivity contribution is -0.137. The molecule has 2 aromatic carbocycles. The average molecular weight is 415 g/mol. The molecule has 2 aliphatic rings. The minimum Gasteiger partial charge on any atom is -0.302 e. The Morgan fingerprint density at radius 2 is 1.73 bits per heavy atom. The van der Waals surface area contributed by atoms with Crippen molar-refractivity contribution >= 4 is 28.8 Å². The van der Waals surface area contributed by atoms with Gasteiger partial charge in [-0.1, -0.05) is 23.8 Å². The van der Waals surface area contributed by atoms with Crippen molar-refractivity contribution < 1.29 is 22.8 Å².